The van der Waals surface area contributed by atoms with Gasteiger partial charge in [0.1, 0.15) is 0 Å². The number of nitrogens with zero attached hydrogens (tertiary/aromatic N) is 2. The van der Waals surface area contributed by atoms with E-state index in [0.29, 0.717) is 6.54 Å². The van der Waals surface area contributed by atoms with Crippen molar-refractivity contribution in [1.29, 1.82) is 0 Å². The van der Waals surface area contributed by atoms with Gasteiger partial charge in [0.15, 0.2) is 5.13 Å². The highest BCUT2D eigenvalue weighted by Gasteiger charge is 2.29. The summed E-state index contributed by atoms with van der Waals surface area (Å²) in [4.78, 5) is 6.84. The minimum Gasteiger partial charge on any atom is -0.388 e. The molecule has 1 aliphatic heterocycles. The predicted molar refractivity (Wildman–Crippen MR) is 71.7 cm³/mol. The molecule has 0 bridgehead atoms. The molecular weight excluding hydrogens is 232 g/mol. The molecule has 0 aliphatic carbocycles. The summed E-state index contributed by atoms with van der Waals surface area (Å²) in [6.45, 7) is 3.59. The number of hydrogen-bond donors (Lipinski definition) is 1. The average molecular weight is 248 g/mol. The third-order valence-electron chi connectivity index (χ3n) is 3.23. The Kier molecular flexibility index (Phi) is 2.56. The molecule has 0 spiro atoms. The Bertz CT molecular complexity index is 502. The van der Waals surface area contributed by atoms with Gasteiger partial charge in [-0.25, -0.2) is 4.98 Å². The van der Waals surface area contributed by atoms with Crippen LogP contribution >= 0.6 is 11.3 Å². The number of anilines is 1. The van der Waals surface area contributed by atoms with E-state index in [1.807, 2.05) is 25.1 Å². The van der Waals surface area contributed by atoms with E-state index in [4.69, 9.17) is 0 Å². The second-order valence-electron chi connectivity index (χ2n) is 4.99. The Labute approximate surface area is 105 Å². The second-order valence-corrected chi connectivity index (χ2v) is 6.00. The Morgan fingerprint density at radius 2 is 2.24 bits per heavy atom. The minimum absolute atomic E-state index is 0.573. The van der Waals surface area contributed by atoms with Gasteiger partial charge in [-0.3, -0.25) is 0 Å². The predicted octanol–water partition coefficient (Wildman–Crippen LogP) is 2.65. The summed E-state index contributed by atoms with van der Waals surface area (Å²) in [5.41, 5.74) is 0.480. The Hall–Kier alpha value is -1.13. The summed E-state index contributed by atoms with van der Waals surface area (Å²) in [5.74, 6) is 0. The quantitative estimate of drug-likeness (QED) is 0.843. The molecule has 1 N–H and O–H groups in total. The maximum Gasteiger partial charge on any atom is 0.186 e. The first-order chi connectivity index (χ1) is 8.14. The van der Waals surface area contributed by atoms with Crippen LogP contribution in [0, 0.1) is 0 Å². The van der Waals surface area contributed by atoms with Gasteiger partial charge in [-0.05, 0) is 31.9 Å². The van der Waals surface area contributed by atoms with Crippen molar-refractivity contribution in [3.63, 3.8) is 0 Å². The first-order valence-corrected chi connectivity index (χ1v) is 6.79. The van der Waals surface area contributed by atoms with Gasteiger partial charge in [0.2, 0.25) is 0 Å². The summed E-state index contributed by atoms with van der Waals surface area (Å²) < 4.78 is 1.22. The molecule has 1 fully saturated rings. The van der Waals surface area contributed by atoms with Gasteiger partial charge in [0.05, 0.1) is 15.8 Å². The highest BCUT2D eigenvalue weighted by molar-refractivity contribution is 7.22. The zero-order chi connectivity index (χ0) is 11.9. The molecule has 1 saturated heterocycles. The number of aromatic nitrogens is 1. The van der Waals surface area contributed by atoms with Crippen molar-refractivity contribution in [3.8, 4) is 0 Å². The van der Waals surface area contributed by atoms with Gasteiger partial charge in [-0.1, -0.05) is 23.5 Å². The Balaban J connectivity index is 1.93. The molecule has 17 heavy (non-hydrogen) atoms. The second kappa shape index (κ2) is 3.96. The fourth-order valence-electron chi connectivity index (χ4n) is 2.38. The lowest BCUT2D eigenvalue weighted by molar-refractivity contribution is 0.0449. The largest absolute Gasteiger partial charge is 0.388 e. The molecule has 1 atom stereocenters. The topological polar surface area (TPSA) is 36.4 Å². The summed E-state index contributed by atoms with van der Waals surface area (Å²) >= 11 is 1.71. The summed E-state index contributed by atoms with van der Waals surface area (Å²) in [7, 11) is 0. The van der Waals surface area contributed by atoms with Crippen LogP contribution in [0.3, 0.4) is 0 Å². The van der Waals surface area contributed by atoms with Gasteiger partial charge in [0.25, 0.3) is 0 Å². The number of rotatable bonds is 1. The van der Waals surface area contributed by atoms with Crippen molar-refractivity contribution < 1.29 is 5.11 Å². The zero-order valence-electron chi connectivity index (χ0n) is 9.89. The molecule has 4 heteroatoms. The van der Waals surface area contributed by atoms with Gasteiger partial charge < -0.3 is 10.0 Å². The third-order valence-corrected chi connectivity index (χ3v) is 4.33. The van der Waals surface area contributed by atoms with Gasteiger partial charge in [-0.2, -0.15) is 0 Å². The molecule has 0 amide bonds. The zero-order valence-corrected chi connectivity index (χ0v) is 10.7. The highest BCUT2D eigenvalue weighted by Crippen LogP contribution is 2.32. The van der Waals surface area contributed by atoms with Crippen molar-refractivity contribution in [2.45, 2.75) is 25.4 Å². The molecule has 1 aromatic heterocycles. The number of β-amino-alcohol motifs (C(OH)–C–C–N with tert-alkyl or cyclic N) is 1. The van der Waals surface area contributed by atoms with E-state index in [1.165, 1.54) is 4.70 Å². The molecule has 1 unspecified atom stereocenters. The Morgan fingerprint density at radius 3 is 3.00 bits per heavy atom. The standard InChI is InChI=1S/C13H16N2OS/c1-13(16)7-4-8-15(9-13)12-14-10-5-2-3-6-11(10)17-12/h2-3,5-6,16H,4,7-9H2,1H3. The average Bonchev–Trinajstić information content (AvgIpc) is 2.71. The number of benzene rings is 1. The van der Waals surface area contributed by atoms with Crippen molar-refractivity contribution in [1.82, 2.24) is 4.98 Å². The van der Waals surface area contributed by atoms with Crippen LogP contribution < -0.4 is 4.90 Å². The van der Waals surface area contributed by atoms with Crippen molar-refractivity contribution in [3.05, 3.63) is 24.3 Å². The number of fused-ring (bicyclic) bond motifs is 1. The normalized spacial score (nSPS) is 25.4. The molecule has 3 nitrogen and oxygen atoms in total. The summed E-state index contributed by atoms with van der Waals surface area (Å²) in [5, 5.41) is 11.1. The SMILES string of the molecule is CC1(O)CCCN(c2nc3ccccc3s2)C1. The smallest absolute Gasteiger partial charge is 0.186 e. The monoisotopic (exact) mass is 248 g/mol. The van der Waals surface area contributed by atoms with E-state index >= 15 is 0 Å². The van der Waals surface area contributed by atoms with Crippen LogP contribution in [0.4, 0.5) is 5.13 Å². The van der Waals surface area contributed by atoms with E-state index in [9.17, 15) is 5.11 Å². The lowest BCUT2D eigenvalue weighted by Crippen LogP contribution is -2.46. The molecular formula is C13H16N2OS. The van der Waals surface area contributed by atoms with Gasteiger partial charge in [-0.15, -0.1) is 0 Å². The van der Waals surface area contributed by atoms with Crippen LogP contribution in [0.15, 0.2) is 24.3 Å². The summed E-state index contributed by atoms with van der Waals surface area (Å²) in [6.07, 6.45) is 1.91. The molecule has 0 saturated carbocycles. The number of aliphatic hydroxyl groups is 1. The highest BCUT2D eigenvalue weighted by atomic mass is 32.1. The van der Waals surface area contributed by atoms with E-state index in [0.717, 1.165) is 30.0 Å². The maximum atomic E-state index is 10.1. The van der Waals surface area contributed by atoms with Gasteiger partial charge in [0, 0.05) is 13.1 Å². The molecule has 90 valence electrons. The van der Waals surface area contributed by atoms with Crippen molar-refractivity contribution in [2.75, 3.05) is 18.0 Å². The van der Waals surface area contributed by atoms with Crippen molar-refractivity contribution >= 4 is 26.7 Å². The third kappa shape index (κ3) is 2.15. The van der Waals surface area contributed by atoms with Crippen LogP contribution in [0.1, 0.15) is 19.8 Å². The molecule has 3 rings (SSSR count). The number of piperidine rings is 1. The fourth-order valence-corrected chi connectivity index (χ4v) is 3.37. The molecule has 1 aromatic carbocycles. The van der Waals surface area contributed by atoms with Crippen LogP contribution in [-0.2, 0) is 0 Å². The van der Waals surface area contributed by atoms with E-state index in [2.05, 4.69) is 16.0 Å². The van der Waals surface area contributed by atoms with Crippen LogP contribution in [-0.4, -0.2) is 28.8 Å². The number of thiazole rings is 1. The van der Waals surface area contributed by atoms with E-state index in [-0.39, 0.29) is 0 Å². The van der Waals surface area contributed by atoms with E-state index in [1.54, 1.807) is 11.3 Å². The van der Waals surface area contributed by atoms with Crippen LogP contribution in [0.2, 0.25) is 0 Å². The van der Waals surface area contributed by atoms with E-state index < -0.39 is 5.60 Å². The maximum absolute atomic E-state index is 10.1. The lowest BCUT2D eigenvalue weighted by Gasteiger charge is -2.36. The number of para-hydroxylation sites is 1. The minimum atomic E-state index is -0.573. The van der Waals surface area contributed by atoms with Crippen LogP contribution in [0.25, 0.3) is 10.2 Å². The Morgan fingerprint density at radius 1 is 1.41 bits per heavy atom. The van der Waals surface area contributed by atoms with Crippen LogP contribution in [0.5, 0.6) is 0 Å². The molecule has 2 aromatic rings. The number of hydrogen-bond acceptors (Lipinski definition) is 4. The first-order valence-electron chi connectivity index (χ1n) is 5.97. The lowest BCUT2D eigenvalue weighted by atomic mass is 9.96. The molecule has 0 radical (unpaired) electrons. The fraction of sp³-hybridized carbons (Fsp3) is 0.462. The van der Waals surface area contributed by atoms with Crippen molar-refractivity contribution in [2.24, 2.45) is 0 Å². The molecule has 1 aliphatic rings. The molecule has 2 heterocycles. The van der Waals surface area contributed by atoms with Gasteiger partial charge >= 0.3 is 0 Å². The first kappa shape index (κ1) is 11.0. The summed E-state index contributed by atoms with van der Waals surface area (Å²) in [6, 6.07) is 8.19.